The van der Waals surface area contributed by atoms with Crippen LogP contribution in [0.2, 0.25) is 0 Å². The van der Waals surface area contributed by atoms with E-state index in [9.17, 15) is 13.6 Å². The van der Waals surface area contributed by atoms with Crippen LogP contribution in [-0.2, 0) is 5.67 Å². The average molecular weight is 493 g/mol. The van der Waals surface area contributed by atoms with E-state index in [-0.39, 0.29) is 16.9 Å². The second-order valence-corrected chi connectivity index (χ2v) is 8.21. The summed E-state index contributed by atoms with van der Waals surface area (Å²) >= 11 is 0. The largest absolute Gasteiger partial charge is 0.340 e. The van der Waals surface area contributed by atoms with Gasteiger partial charge in [0, 0.05) is 47.5 Å². The topological polar surface area (TPSA) is 92.2 Å². The molecule has 1 aromatic carbocycles. The van der Waals surface area contributed by atoms with Crippen LogP contribution in [-0.4, -0.2) is 33.7 Å². The molecule has 0 spiro atoms. The van der Waals surface area contributed by atoms with Crippen LogP contribution < -0.4 is 10.6 Å². The molecule has 188 valence electrons. The Morgan fingerprint density at radius 2 is 1.86 bits per heavy atom. The predicted molar refractivity (Wildman–Crippen MR) is 139 cm³/mol. The average Bonchev–Trinajstić information content (AvgIpc) is 3.65. The SMILES string of the molecule is C=C(C(=NC)Nc1cc(NC(=O)c2ccnc(C3(F)CC3)c2)cc(F)c1C)c1ncncc1C.CC. The van der Waals surface area contributed by atoms with Crippen LogP contribution >= 0.6 is 0 Å². The van der Waals surface area contributed by atoms with E-state index in [1.165, 1.54) is 30.7 Å². The molecule has 0 bridgehead atoms. The quantitative estimate of drug-likeness (QED) is 0.324. The molecule has 3 aromatic rings. The second-order valence-electron chi connectivity index (χ2n) is 8.21. The molecule has 0 unspecified atom stereocenters. The highest BCUT2D eigenvalue weighted by atomic mass is 19.1. The fourth-order valence-corrected chi connectivity index (χ4v) is 3.49. The molecule has 2 aromatic heterocycles. The summed E-state index contributed by atoms with van der Waals surface area (Å²) in [6.45, 7) is 11.5. The summed E-state index contributed by atoms with van der Waals surface area (Å²) in [5.41, 5.74) is 1.94. The Hall–Kier alpha value is -4.01. The summed E-state index contributed by atoms with van der Waals surface area (Å²) in [7, 11) is 1.58. The first kappa shape index (κ1) is 26.6. The van der Waals surface area contributed by atoms with Crippen LogP contribution in [0.4, 0.5) is 20.2 Å². The minimum absolute atomic E-state index is 0.231. The molecule has 9 heteroatoms. The molecule has 1 saturated carbocycles. The van der Waals surface area contributed by atoms with Crippen molar-refractivity contribution in [1.29, 1.82) is 0 Å². The molecule has 2 heterocycles. The van der Waals surface area contributed by atoms with Crippen molar-refractivity contribution >= 4 is 28.7 Å². The lowest BCUT2D eigenvalue weighted by atomic mass is 10.1. The minimum atomic E-state index is -1.45. The van der Waals surface area contributed by atoms with Gasteiger partial charge in [0.1, 0.15) is 18.0 Å². The maximum absolute atomic E-state index is 14.7. The summed E-state index contributed by atoms with van der Waals surface area (Å²) in [6.07, 6.45) is 5.27. The Bertz CT molecular complexity index is 1320. The molecule has 0 atom stereocenters. The molecular weight excluding hydrogens is 462 g/mol. The summed E-state index contributed by atoms with van der Waals surface area (Å²) in [4.78, 5) is 29.3. The van der Waals surface area contributed by atoms with Gasteiger partial charge in [0.25, 0.3) is 5.91 Å². The Kier molecular flexibility index (Phi) is 8.24. The van der Waals surface area contributed by atoms with Gasteiger partial charge in [-0.1, -0.05) is 20.4 Å². The highest BCUT2D eigenvalue weighted by Crippen LogP contribution is 2.48. The van der Waals surface area contributed by atoms with E-state index < -0.39 is 17.4 Å². The Labute approximate surface area is 209 Å². The number of carbonyl (C=O) groups excluding carboxylic acids is 1. The highest BCUT2D eigenvalue weighted by molar-refractivity contribution is 6.27. The van der Waals surface area contributed by atoms with Gasteiger partial charge >= 0.3 is 0 Å². The smallest absolute Gasteiger partial charge is 0.255 e. The van der Waals surface area contributed by atoms with E-state index in [4.69, 9.17) is 0 Å². The van der Waals surface area contributed by atoms with Crippen molar-refractivity contribution < 1.29 is 13.6 Å². The number of hydrogen-bond donors (Lipinski definition) is 2. The number of nitrogens with one attached hydrogen (secondary N) is 2. The zero-order valence-corrected chi connectivity index (χ0v) is 21.1. The number of benzene rings is 1. The van der Waals surface area contributed by atoms with Crippen molar-refractivity contribution in [3.05, 3.63) is 83.5 Å². The van der Waals surface area contributed by atoms with E-state index >= 15 is 0 Å². The first-order valence-corrected chi connectivity index (χ1v) is 11.7. The number of hydrogen-bond acceptors (Lipinski definition) is 5. The van der Waals surface area contributed by atoms with Gasteiger partial charge in [-0.05, 0) is 56.5 Å². The molecule has 36 heavy (non-hydrogen) atoms. The van der Waals surface area contributed by atoms with Gasteiger partial charge in [-0.2, -0.15) is 0 Å². The summed E-state index contributed by atoms with van der Waals surface area (Å²) in [5.74, 6) is -0.618. The van der Waals surface area contributed by atoms with Crippen LogP contribution in [0.15, 0.2) is 54.6 Å². The lowest BCUT2D eigenvalue weighted by Gasteiger charge is -2.17. The van der Waals surface area contributed by atoms with Crippen LogP contribution in [0.5, 0.6) is 0 Å². The number of rotatable bonds is 6. The summed E-state index contributed by atoms with van der Waals surface area (Å²) in [5, 5.41) is 5.77. The molecule has 1 aliphatic carbocycles. The van der Waals surface area contributed by atoms with E-state index in [1.54, 1.807) is 26.2 Å². The number of anilines is 2. The maximum Gasteiger partial charge on any atom is 0.255 e. The van der Waals surface area contributed by atoms with Gasteiger partial charge < -0.3 is 10.6 Å². The van der Waals surface area contributed by atoms with Crippen LogP contribution in [0, 0.1) is 19.7 Å². The monoisotopic (exact) mass is 492 g/mol. The summed E-state index contributed by atoms with van der Waals surface area (Å²) in [6, 6.07) is 5.75. The van der Waals surface area contributed by atoms with Gasteiger partial charge in [-0.3, -0.25) is 14.8 Å². The van der Waals surface area contributed by atoms with Gasteiger partial charge in [-0.25, -0.2) is 18.7 Å². The van der Waals surface area contributed by atoms with E-state index in [0.717, 1.165) is 5.56 Å². The first-order valence-electron chi connectivity index (χ1n) is 11.7. The molecule has 7 nitrogen and oxygen atoms in total. The fraction of sp³-hybridized carbons (Fsp3) is 0.296. The van der Waals surface area contributed by atoms with Crippen LogP contribution in [0.1, 0.15) is 59.6 Å². The third kappa shape index (κ3) is 5.79. The van der Waals surface area contributed by atoms with Crippen molar-refractivity contribution in [3.63, 3.8) is 0 Å². The number of alkyl halides is 1. The molecule has 2 N–H and O–H groups in total. The molecule has 1 fully saturated rings. The molecule has 0 saturated heterocycles. The van der Waals surface area contributed by atoms with Gasteiger partial charge in [0.2, 0.25) is 0 Å². The molecule has 4 rings (SSSR count). The number of aromatic nitrogens is 3. The Morgan fingerprint density at radius 1 is 1.14 bits per heavy atom. The highest BCUT2D eigenvalue weighted by Gasteiger charge is 2.46. The molecule has 1 aliphatic rings. The summed E-state index contributed by atoms with van der Waals surface area (Å²) < 4.78 is 29.1. The van der Waals surface area contributed by atoms with Crippen molar-refractivity contribution in [2.45, 2.75) is 46.2 Å². The fourth-order valence-electron chi connectivity index (χ4n) is 3.49. The first-order chi connectivity index (χ1) is 17.2. The number of pyridine rings is 1. The lowest BCUT2D eigenvalue weighted by molar-refractivity contribution is 0.102. The van der Waals surface area contributed by atoms with E-state index in [2.05, 4.69) is 37.2 Å². The Balaban J connectivity index is 0.00000176. The van der Waals surface area contributed by atoms with E-state index in [1.807, 2.05) is 20.8 Å². The van der Waals surface area contributed by atoms with Gasteiger partial charge in [-0.15, -0.1) is 0 Å². The third-order valence-electron chi connectivity index (χ3n) is 5.72. The molecular formula is C27H30F2N6O. The maximum atomic E-state index is 14.7. The minimum Gasteiger partial charge on any atom is -0.340 e. The number of aliphatic imine (C=N–C) groups is 1. The van der Waals surface area contributed by atoms with Crippen molar-refractivity contribution in [1.82, 2.24) is 15.0 Å². The molecule has 1 amide bonds. The number of nitrogens with zero attached hydrogens (tertiary/aromatic N) is 4. The number of halogens is 2. The lowest BCUT2D eigenvalue weighted by Crippen LogP contribution is -2.17. The van der Waals surface area contributed by atoms with Crippen LogP contribution in [0.3, 0.4) is 0 Å². The zero-order valence-electron chi connectivity index (χ0n) is 21.1. The number of amidine groups is 1. The zero-order chi connectivity index (χ0) is 26.5. The second kappa shape index (κ2) is 11.2. The standard InChI is InChI=1S/C25H24F2N6O.C2H6/c1-14-12-29-13-31-22(14)16(3)23(28-4)33-20-11-18(10-19(26)15(20)2)32-24(34)17-5-8-30-21(9-17)25(27)6-7-25;1-2/h5,8-13H,3,6-7H2,1-2,4H3,(H,28,33)(H,32,34);1-2H3. The molecule has 0 radical (unpaired) electrons. The third-order valence-corrected chi connectivity index (χ3v) is 5.72. The van der Waals surface area contributed by atoms with Crippen molar-refractivity contribution in [3.8, 4) is 0 Å². The number of aryl methyl sites for hydroxylation is 1. The van der Waals surface area contributed by atoms with Gasteiger partial charge in [0.05, 0.1) is 11.4 Å². The predicted octanol–water partition coefficient (Wildman–Crippen LogP) is 6.02. The van der Waals surface area contributed by atoms with Crippen molar-refractivity contribution in [2.75, 3.05) is 17.7 Å². The normalized spacial score (nSPS) is 13.8. The Morgan fingerprint density at radius 3 is 2.50 bits per heavy atom. The molecule has 0 aliphatic heterocycles. The van der Waals surface area contributed by atoms with Crippen molar-refractivity contribution in [2.24, 2.45) is 4.99 Å². The van der Waals surface area contributed by atoms with Gasteiger partial charge in [0.15, 0.2) is 5.67 Å². The number of amides is 1. The number of carbonyl (C=O) groups is 1. The van der Waals surface area contributed by atoms with Crippen LogP contribution in [0.25, 0.3) is 5.57 Å². The van der Waals surface area contributed by atoms with E-state index in [0.29, 0.717) is 41.2 Å².